The zero-order valence-corrected chi connectivity index (χ0v) is 12.6. The normalized spacial score (nSPS) is 10.5. The van der Waals surface area contributed by atoms with Crippen molar-refractivity contribution in [1.29, 1.82) is 0 Å². The molecule has 0 aliphatic carbocycles. The summed E-state index contributed by atoms with van der Waals surface area (Å²) in [5.41, 5.74) is 0.658. The van der Waals surface area contributed by atoms with Crippen LogP contribution in [0.2, 0.25) is 0 Å². The van der Waals surface area contributed by atoms with E-state index in [2.05, 4.69) is 0 Å². The van der Waals surface area contributed by atoms with Crippen molar-refractivity contribution in [3.8, 4) is 11.5 Å². The number of rotatable bonds is 5. The Morgan fingerprint density at radius 1 is 1.42 bits per heavy atom. The van der Waals surface area contributed by atoms with E-state index in [4.69, 9.17) is 14.6 Å². The van der Waals surface area contributed by atoms with Gasteiger partial charge in [0.25, 0.3) is 0 Å². The molecule has 0 amide bonds. The Hall–Kier alpha value is -1.57. The van der Waals surface area contributed by atoms with Crippen LogP contribution in [-0.4, -0.2) is 23.7 Å². The van der Waals surface area contributed by atoms with Crippen LogP contribution in [0, 0.1) is 3.57 Å². The maximum absolute atomic E-state index is 11.0. The molecule has 0 aliphatic rings. The van der Waals surface area contributed by atoms with Crippen molar-refractivity contribution in [3.63, 3.8) is 0 Å². The van der Waals surface area contributed by atoms with Gasteiger partial charge in [-0.3, -0.25) is 4.79 Å². The summed E-state index contributed by atoms with van der Waals surface area (Å²) in [6.07, 6.45) is 2.48. The van der Waals surface area contributed by atoms with Gasteiger partial charge in [-0.05, 0) is 53.3 Å². The maximum atomic E-state index is 11.0. The van der Waals surface area contributed by atoms with Gasteiger partial charge in [-0.2, -0.15) is 0 Å². The molecule has 5 nitrogen and oxygen atoms in total. The van der Waals surface area contributed by atoms with Crippen molar-refractivity contribution in [1.82, 2.24) is 0 Å². The second-order valence-electron chi connectivity index (χ2n) is 3.53. The monoisotopic (exact) mass is 376 g/mol. The molecule has 0 saturated carbocycles. The maximum Gasteiger partial charge on any atom is 0.328 e. The zero-order valence-electron chi connectivity index (χ0n) is 10.5. The lowest BCUT2D eigenvalue weighted by atomic mass is 10.2. The summed E-state index contributed by atoms with van der Waals surface area (Å²) in [7, 11) is 0. The lowest BCUT2D eigenvalue weighted by Crippen LogP contribution is -2.06. The molecule has 0 unspecified atom stereocenters. The van der Waals surface area contributed by atoms with Crippen LogP contribution in [0.15, 0.2) is 18.2 Å². The number of aliphatic carboxylic acids is 1. The molecule has 1 aromatic rings. The summed E-state index contributed by atoms with van der Waals surface area (Å²) >= 11 is 2.00. The molecule has 1 rings (SSSR count). The molecule has 1 N–H and O–H groups in total. The van der Waals surface area contributed by atoms with E-state index >= 15 is 0 Å². The molecule has 0 spiro atoms. The van der Waals surface area contributed by atoms with E-state index < -0.39 is 11.9 Å². The number of carbonyl (C=O) groups excluding carboxylic acids is 1. The molecule has 0 aliphatic heterocycles. The fourth-order valence-corrected chi connectivity index (χ4v) is 2.09. The number of carboxylic acids is 1. The largest absolute Gasteiger partial charge is 0.490 e. The van der Waals surface area contributed by atoms with Crippen LogP contribution in [-0.2, 0) is 9.59 Å². The quantitative estimate of drug-likeness (QED) is 0.370. The van der Waals surface area contributed by atoms with Gasteiger partial charge in [0.2, 0.25) is 0 Å². The molecular formula is C13H13IO5. The Morgan fingerprint density at radius 3 is 2.63 bits per heavy atom. The Kier molecular flexibility index (Phi) is 5.81. The molecule has 19 heavy (non-hydrogen) atoms. The third kappa shape index (κ3) is 4.90. The molecule has 0 bridgehead atoms. The van der Waals surface area contributed by atoms with Gasteiger partial charge in [0.05, 0.1) is 10.2 Å². The fourth-order valence-electron chi connectivity index (χ4n) is 1.36. The van der Waals surface area contributed by atoms with Gasteiger partial charge in [-0.1, -0.05) is 0 Å². The van der Waals surface area contributed by atoms with E-state index in [1.807, 2.05) is 29.5 Å². The molecule has 0 heterocycles. The first-order valence-electron chi connectivity index (χ1n) is 5.49. The summed E-state index contributed by atoms with van der Waals surface area (Å²) in [6.45, 7) is 3.53. The summed E-state index contributed by atoms with van der Waals surface area (Å²) < 4.78 is 11.2. The minimum atomic E-state index is -1.03. The van der Waals surface area contributed by atoms with Crippen molar-refractivity contribution in [2.45, 2.75) is 13.8 Å². The predicted molar refractivity (Wildman–Crippen MR) is 78.3 cm³/mol. The van der Waals surface area contributed by atoms with Gasteiger partial charge >= 0.3 is 11.9 Å². The van der Waals surface area contributed by atoms with E-state index in [-0.39, 0.29) is 0 Å². The van der Waals surface area contributed by atoms with Crippen LogP contribution in [0.5, 0.6) is 11.5 Å². The van der Waals surface area contributed by atoms with Crippen molar-refractivity contribution in [3.05, 3.63) is 27.3 Å². The van der Waals surface area contributed by atoms with E-state index in [9.17, 15) is 9.59 Å². The van der Waals surface area contributed by atoms with Crippen molar-refractivity contribution in [2.24, 2.45) is 0 Å². The van der Waals surface area contributed by atoms with Gasteiger partial charge in [-0.25, -0.2) is 4.79 Å². The number of benzene rings is 1. The average Bonchev–Trinajstić information content (AvgIpc) is 2.31. The van der Waals surface area contributed by atoms with Gasteiger partial charge in [0.1, 0.15) is 0 Å². The van der Waals surface area contributed by atoms with Gasteiger partial charge < -0.3 is 14.6 Å². The first kappa shape index (κ1) is 15.5. The van der Waals surface area contributed by atoms with E-state index in [1.54, 1.807) is 12.1 Å². The van der Waals surface area contributed by atoms with E-state index in [0.29, 0.717) is 27.2 Å². The Balaban J connectivity index is 3.19. The highest BCUT2D eigenvalue weighted by atomic mass is 127. The molecule has 0 aromatic heterocycles. The summed E-state index contributed by atoms with van der Waals surface area (Å²) in [5.74, 6) is -0.707. The lowest BCUT2D eigenvalue weighted by Gasteiger charge is -2.12. The van der Waals surface area contributed by atoms with Crippen molar-refractivity contribution in [2.75, 3.05) is 6.61 Å². The minimum absolute atomic E-state index is 0.349. The molecule has 0 radical (unpaired) electrons. The van der Waals surface area contributed by atoms with E-state index in [0.717, 1.165) is 6.08 Å². The lowest BCUT2D eigenvalue weighted by molar-refractivity contribution is -0.132. The zero-order chi connectivity index (χ0) is 14.4. The minimum Gasteiger partial charge on any atom is -0.490 e. The number of hydrogen-bond donors (Lipinski definition) is 1. The summed E-state index contributed by atoms with van der Waals surface area (Å²) in [6, 6.07) is 3.34. The standard InChI is InChI=1S/C13H13IO5/c1-3-18-11-7-9(4-5-12(16)17)6-10(14)13(11)19-8(2)15/h4-7H,3H2,1-2H3,(H,16,17)/b5-4+. The molecule has 6 heteroatoms. The third-order valence-corrected chi connectivity index (χ3v) is 2.80. The van der Waals surface area contributed by atoms with Gasteiger partial charge in [0, 0.05) is 13.0 Å². The molecular weight excluding hydrogens is 363 g/mol. The molecule has 102 valence electrons. The van der Waals surface area contributed by atoms with Crippen LogP contribution < -0.4 is 9.47 Å². The van der Waals surface area contributed by atoms with Crippen LogP contribution in [0.1, 0.15) is 19.4 Å². The Morgan fingerprint density at radius 2 is 2.11 bits per heavy atom. The number of halogens is 1. The first-order chi connectivity index (χ1) is 8.93. The topological polar surface area (TPSA) is 72.8 Å². The van der Waals surface area contributed by atoms with Gasteiger partial charge in [-0.15, -0.1) is 0 Å². The average molecular weight is 376 g/mol. The molecule has 0 fully saturated rings. The van der Waals surface area contributed by atoms with Crippen LogP contribution in [0.3, 0.4) is 0 Å². The third-order valence-electron chi connectivity index (χ3n) is 2.00. The smallest absolute Gasteiger partial charge is 0.328 e. The highest BCUT2D eigenvalue weighted by Crippen LogP contribution is 2.34. The Bertz CT molecular complexity index is 522. The van der Waals surface area contributed by atoms with Crippen LogP contribution >= 0.6 is 22.6 Å². The van der Waals surface area contributed by atoms with Crippen LogP contribution in [0.4, 0.5) is 0 Å². The highest BCUT2D eigenvalue weighted by molar-refractivity contribution is 14.1. The predicted octanol–water partition coefficient (Wildman–Crippen LogP) is 2.71. The molecule has 1 aromatic carbocycles. The Labute approximate surface area is 124 Å². The summed E-state index contributed by atoms with van der Waals surface area (Å²) in [4.78, 5) is 21.5. The summed E-state index contributed by atoms with van der Waals surface area (Å²) in [5, 5.41) is 8.60. The SMILES string of the molecule is CCOc1cc(/C=C/C(=O)O)cc(I)c1OC(C)=O. The van der Waals surface area contributed by atoms with Crippen LogP contribution in [0.25, 0.3) is 6.08 Å². The molecule has 0 atom stereocenters. The number of ether oxygens (including phenoxy) is 2. The number of esters is 1. The number of carboxylic acid groups (broad SMARTS) is 1. The second-order valence-corrected chi connectivity index (χ2v) is 4.69. The fraction of sp³-hybridized carbons (Fsp3) is 0.231. The number of hydrogen-bond acceptors (Lipinski definition) is 4. The second kappa shape index (κ2) is 7.13. The van der Waals surface area contributed by atoms with Crippen molar-refractivity contribution < 1.29 is 24.2 Å². The first-order valence-corrected chi connectivity index (χ1v) is 6.57. The van der Waals surface area contributed by atoms with Gasteiger partial charge in [0.15, 0.2) is 11.5 Å². The number of carbonyl (C=O) groups is 2. The van der Waals surface area contributed by atoms with E-state index in [1.165, 1.54) is 13.0 Å². The highest BCUT2D eigenvalue weighted by Gasteiger charge is 2.13. The molecule has 0 saturated heterocycles. The van der Waals surface area contributed by atoms with Crippen molar-refractivity contribution >= 4 is 40.6 Å².